The van der Waals surface area contributed by atoms with E-state index in [4.69, 9.17) is 4.52 Å². The zero-order valence-corrected chi connectivity index (χ0v) is 17.9. The van der Waals surface area contributed by atoms with Gasteiger partial charge in [0.05, 0.1) is 0 Å². The molecule has 1 aliphatic heterocycles. The Morgan fingerprint density at radius 2 is 1.65 bits per heavy atom. The fourth-order valence-corrected chi connectivity index (χ4v) is 3.67. The first-order valence-electron chi connectivity index (χ1n) is 10.5. The highest BCUT2D eigenvalue weighted by Gasteiger charge is 2.22. The van der Waals surface area contributed by atoms with Gasteiger partial charge in [-0.3, -0.25) is 9.59 Å². The molecule has 1 saturated heterocycles. The Bertz CT molecular complexity index is 1050. The van der Waals surface area contributed by atoms with Crippen LogP contribution in [0.4, 0.5) is 5.69 Å². The zero-order chi connectivity index (χ0) is 21.8. The van der Waals surface area contributed by atoms with Gasteiger partial charge in [0.25, 0.3) is 0 Å². The van der Waals surface area contributed by atoms with Crippen LogP contribution in [0, 0.1) is 6.92 Å². The first-order valence-corrected chi connectivity index (χ1v) is 10.5. The van der Waals surface area contributed by atoms with E-state index in [9.17, 15) is 9.59 Å². The molecule has 0 radical (unpaired) electrons. The number of carbonyl (C=O) groups is 2. The van der Waals surface area contributed by atoms with Crippen LogP contribution in [0.2, 0.25) is 0 Å². The second-order valence-corrected chi connectivity index (χ2v) is 7.85. The first kappa shape index (κ1) is 20.8. The molecule has 2 heterocycles. The number of hydrogen-bond donors (Lipinski definition) is 0. The molecular weight excluding hydrogens is 392 g/mol. The smallest absolute Gasteiger partial charge is 0.227 e. The van der Waals surface area contributed by atoms with Gasteiger partial charge in [0.2, 0.25) is 17.6 Å². The van der Waals surface area contributed by atoms with E-state index in [1.807, 2.05) is 60.4 Å². The maximum absolute atomic E-state index is 12.6. The summed E-state index contributed by atoms with van der Waals surface area (Å²) >= 11 is 0. The Morgan fingerprint density at radius 1 is 0.968 bits per heavy atom. The van der Waals surface area contributed by atoms with Gasteiger partial charge in [0.1, 0.15) is 0 Å². The standard InChI is InChI=1S/C24H26N4O3/c1-17-3-5-20(6-4-17)24-25-22(31-26-24)11-12-23(30)28-15-13-27(14-16-28)21-9-7-19(8-10-21)18(2)29/h3-10H,11-16H2,1-2H3. The van der Waals surface area contributed by atoms with Crippen LogP contribution in [-0.4, -0.2) is 52.9 Å². The van der Waals surface area contributed by atoms with Crippen molar-refractivity contribution in [3.8, 4) is 11.4 Å². The zero-order valence-electron chi connectivity index (χ0n) is 17.9. The van der Waals surface area contributed by atoms with E-state index in [2.05, 4.69) is 15.0 Å². The van der Waals surface area contributed by atoms with Crippen molar-refractivity contribution in [2.24, 2.45) is 0 Å². The molecule has 0 atom stereocenters. The predicted molar refractivity (Wildman–Crippen MR) is 118 cm³/mol. The van der Waals surface area contributed by atoms with Crippen LogP contribution >= 0.6 is 0 Å². The first-order chi connectivity index (χ1) is 15.0. The molecule has 0 unspecified atom stereocenters. The van der Waals surface area contributed by atoms with Gasteiger partial charge in [-0.1, -0.05) is 35.0 Å². The van der Waals surface area contributed by atoms with E-state index >= 15 is 0 Å². The van der Waals surface area contributed by atoms with Crippen LogP contribution in [0.1, 0.15) is 35.2 Å². The van der Waals surface area contributed by atoms with Crippen LogP contribution in [-0.2, 0) is 11.2 Å². The van der Waals surface area contributed by atoms with Gasteiger partial charge in [-0.05, 0) is 38.1 Å². The second-order valence-electron chi connectivity index (χ2n) is 7.85. The Hall–Kier alpha value is -3.48. The Morgan fingerprint density at radius 3 is 2.29 bits per heavy atom. The third-order valence-corrected chi connectivity index (χ3v) is 5.60. The summed E-state index contributed by atoms with van der Waals surface area (Å²) in [6.07, 6.45) is 0.785. The minimum Gasteiger partial charge on any atom is -0.368 e. The van der Waals surface area contributed by atoms with E-state index in [0.717, 1.165) is 24.3 Å². The fraction of sp³-hybridized carbons (Fsp3) is 0.333. The molecule has 0 bridgehead atoms. The van der Waals surface area contributed by atoms with Crippen LogP contribution in [0.15, 0.2) is 53.1 Å². The minimum atomic E-state index is 0.0641. The van der Waals surface area contributed by atoms with Crippen LogP contribution in [0.5, 0.6) is 0 Å². The topological polar surface area (TPSA) is 79.5 Å². The summed E-state index contributed by atoms with van der Waals surface area (Å²) in [5.41, 5.74) is 3.86. The lowest BCUT2D eigenvalue weighted by Crippen LogP contribution is -2.48. The molecule has 4 rings (SSSR count). The largest absolute Gasteiger partial charge is 0.368 e. The Labute approximate surface area is 181 Å². The average Bonchev–Trinajstić information content (AvgIpc) is 3.27. The van der Waals surface area contributed by atoms with E-state index in [1.54, 1.807) is 6.92 Å². The van der Waals surface area contributed by atoms with Crippen molar-refractivity contribution < 1.29 is 14.1 Å². The van der Waals surface area contributed by atoms with Gasteiger partial charge in [0, 0.05) is 55.8 Å². The summed E-state index contributed by atoms with van der Waals surface area (Å²) in [4.78, 5) is 32.6. The summed E-state index contributed by atoms with van der Waals surface area (Å²) in [6, 6.07) is 15.6. The predicted octanol–water partition coefficient (Wildman–Crippen LogP) is 3.53. The fourth-order valence-electron chi connectivity index (χ4n) is 3.67. The highest BCUT2D eigenvalue weighted by molar-refractivity contribution is 5.94. The molecule has 1 aliphatic rings. The Kier molecular flexibility index (Phi) is 6.11. The number of aromatic nitrogens is 2. The number of carbonyl (C=O) groups excluding carboxylic acids is 2. The van der Waals surface area contributed by atoms with Crippen molar-refractivity contribution in [2.45, 2.75) is 26.7 Å². The summed E-state index contributed by atoms with van der Waals surface area (Å²) in [6.45, 7) is 6.47. The third-order valence-electron chi connectivity index (χ3n) is 5.60. The molecule has 0 N–H and O–H groups in total. The lowest BCUT2D eigenvalue weighted by Gasteiger charge is -2.36. The number of ketones is 1. The summed E-state index contributed by atoms with van der Waals surface area (Å²) in [7, 11) is 0. The van der Waals surface area contributed by atoms with E-state index in [1.165, 1.54) is 5.56 Å². The van der Waals surface area contributed by atoms with Gasteiger partial charge >= 0.3 is 0 Å². The van der Waals surface area contributed by atoms with Gasteiger partial charge in [-0.25, -0.2) is 0 Å². The molecule has 31 heavy (non-hydrogen) atoms. The number of piperazine rings is 1. The number of amides is 1. The summed E-state index contributed by atoms with van der Waals surface area (Å²) in [5.74, 6) is 1.19. The van der Waals surface area contributed by atoms with Gasteiger partial charge in [-0.2, -0.15) is 4.98 Å². The van der Waals surface area contributed by atoms with Crippen molar-refractivity contribution in [3.05, 3.63) is 65.5 Å². The normalized spacial score (nSPS) is 14.0. The van der Waals surface area contributed by atoms with Crippen molar-refractivity contribution in [1.29, 1.82) is 0 Å². The highest BCUT2D eigenvalue weighted by atomic mass is 16.5. The number of nitrogens with zero attached hydrogens (tertiary/aromatic N) is 4. The maximum Gasteiger partial charge on any atom is 0.227 e. The van der Waals surface area contributed by atoms with Crippen LogP contribution in [0.25, 0.3) is 11.4 Å². The van der Waals surface area contributed by atoms with Gasteiger partial charge in [0.15, 0.2) is 5.78 Å². The lowest BCUT2D eigenvalue weighted by molar-refractivity contribution is -0.131. The van der Waals surface area contributed by atoms with Crippen molar-refractivity contribution in [2.75, 3.05) is 31.1 Å². The van der Waals surface area contributed by atoms with Crippen molar-refractivity contribution in [3.63, 3.8) is 0 Å². The lowest BCUT2D eigenvalue weighted by atomic mass is 10.1. The molecule has 2 aromatic carbocycles. The molecular formula is C24H26N4O3. The molecule has 1 amide bonds. The highest BCUT2D eigenvalue weighted by Crippen LogP contribution is 2.19. The van der Waals surface area contributed by atoms with E-state index in [-0.39, 0.29) is 11.7 Å². The molecule has 160 valence electrons. The minimum absolute atomic E-state index is 0.0641. The van der Waals surface area contributed by atoms with E-state index in [0.29, 0.717) is 43.2 Å². The number of benzene rings is 2. The number of hydrogen-bond acceptors (Lipinski definition) is 6. The molecule has 7 nitrogen and oxygen atoms in total. The number of rotatable bonds is 6. The Balaban J connectivity index is 1.27. The molecule has 0 aliphatic carbocycles. The molecule has 0 spiro atoms. The average molecular weight is 418 g/mol. The van der Waals surface area contributed by atoms with Crippen molar-refractivity contribution in [1.82, 2.24) is 15.0 Å². The van der Waals surface area contributed by atoms with Crippen LogP contribution < -0.4 is 4.90 Å². The quantitative estimate of drug-likeness (QED) is 0.570. The van der Waals surface area contributed by atoms with Crippen LogP contribution in [0.3, 0.4) is 0 Å². The molecule has 0 saturated carbocycles. The van der Waals surface area contributed by atoms with Gasteiger partial charge in [-0.15, -0.1) is 0 Å². The number of aryl methyl sites for hydroxylation is 2. The van der Waals surface area contributed by atoms with E-state index < -0.39 is 0 Å². The van der Waals surface area contributed by atoms with Gasteiger partial charge < -0.3 is 14.3 Å². The SMILES string of the molecule is CC(=O)c1ccc(N2CCN(C(=O)CCc3nc(-c4ccc(C)cc4)no3)CC2)cc1. The molecule has 7 heteroatoms. The maximum atomic E-state index is 12.6. The summed E-state index contributed by atoms with van der Waals surface area (Å²) < 4.78 is 5.32. The monoisotopic (exact) mass is 418 g/mol. The molecule has 1 fully saturated rings. The molecule has 1 aromatic heterocycles. The molecule has 3 aromatic rings. The number of Topliss-reactive ketones (excluding diaryl/α,β-unsaturated/α-hetero) is 1. The summed E-state index contributed by atoms with van der Waals surface area (Å²) in [5, 5.41) is 4.03. The second kappa shape index (κ2) is 9.12. The third kappa shape index (κ3) is 4.99. The number of anilines is 1. The van der Waals surface area contributed by atoms with Crippen molar-refractivity contribution >= 4 is 17.4 Å².